The second-order valence-corrected chi connectivity index (χ2v) is 7.29. The van der Waals surface area contributed by atoms with E-state index in [-0.39, 0.29) is 24.2 Å². The maximum absolute atomic E-state index is 13.0. The molecule has 2 N–H and O–H groups in total. The number of anilines is 1. The summed E-state index contributed by atoms with van der Waals surface area (Å²) in [5.74, 6) is -0.00776. The molecule has 0 spiro atoms. The lowest BCUT2D eigenvalue weighted by atomic mass is 10.1. The molecule has 27 heavy (non-hydrogen) atoms. The van der Waals surface area contributed by atoms with E-state index in [0.717, 1.165) is 18.4 Å². The molecule has 1 fully saturated rings. The van der Waals surface area contributed by atoms with Crippen LogP contribution >= 0.6 is 11.5 Å². The summed E-state index contributed by atoms with van der Waals surface area (Å²) in [5.41, 5.74) is 0.917. The quantitative estimate of drug-likeness (QED) is 0.779. The van der Waals surface area contributed by atoms with Crippen molar-refractivity contribution in [1.29, 1.82) is 0 Å². The minimum Gasteiger partial charge on any atom is -0.354 e. The first-order chi connectivity index (χ1) is 13.0. The zero-order valence-corrected chi connectivity index (χ0v) is 15.9. The summed E-state index contributed by atoms with van der Waals surface area (Å²) in [6.07, 6.45) is 2.99. The number of benzene rings is 1. The van der Waals surface area contributed by atoms with Crippen LogP contribution in [-0.4, -0.2) is 47.4 Å². The van der Waals surface area contributed by atoms with Gasteiger partial charge < -0.3 is 15.5 Å². The number of hydrogen-bond donors (Lipinski definition) is 2. The zero-order chi connectivity index (χ0) is 19.2. The Kier molecular flexibility index (Phi) is 6.33. The van der Waals surface area contributed by atoms with Crippen LogP contribution in [-0.2, 0) is 16.0 Å². The molecule has 1 aliphatic heterocycles. The van der Waals surface area contributed by atoms with Gasteiger partial charge in [0.1, 0.15) is 17.7 Å². The third kappa shape index (κ3) is 5.46. The highest BCUT2D eigenvalue weighted by molar-refractivity contribution is 7.09. The molecule has 0 radical (unpaired) electrons. The van der Waals surface area contributed by atoms with Gasteiger partial charge in [-0.3, -0.25) is 9.59 Å². The van der Waals surface area contributed by atoms with Crippen molar-refractivity contribution in [3.63, 3.8) is 0 Å². The van der Waals surface area contributed by atoms with Gasteiger partial charge in [-0.15, -0.1) is 0 Å². The highest BCUT2D eigenvalue weighted by atomic mass is 32.1. The SMILES string of the molecule is CN(CC(=O)NC1CCCCNC1=O)c1nc(Cc2ccc(F)cc2)ns1. The van der Waals surface area contributed by atoms with E-state index < -0.39 is 6.04 Å². The van der Waals surface area contributed by atoms with Gasteiger partial charge in [-0.1, -0.05) is 12.1 Å². The number of nitrogens with zero attached hydrogens (tertiary/aromatic N) is 3. The number of rotatable bonds is 6. The molecular formula is C18H22FN5O2S. The number of halogens is 1. The van der Waals surface area contributed by atoms with E-state index in [0.29, 0.717) is 30.3 Å². The third-order valence-corrected chi connectivity index (χ3v) is 5.18. The normalized spacial score (nSPS) is 17.1. The van der Waals surface area contributed by atoms with Crippen molar-refractivity contribution in [1.82, 2.24) is 20.0 Å². The maximum atomic E-state index is 13.0. The Hall–Kier alpha value is -2.55. The number of amides is 2. The van der Waals surface area contributed by atoms with E-state index in [2.05, 4.69) is 20.0 Å². The summed E-state index contributed by atoms with van der Waals surface area (Å²) in [6, 6.07) is 5.73. The second kappa shape index (κ2) is 8.90. The van der Waals surface area contributed by atoms with Crippen molar-refractivity contribution in [3.05, 3.63) is 41.5 Å². The molecule has 3 rings (SSSR count). The van der Waals surface area contributed by atoms with E-state index >= 15 is 0 Å². The molecule has 144 valence electrons. The predicted octanol–water partition coefficient (Wildman–Crippen LogP) is 1.49. The molecule has 9 heteroatoms. The van der Waals surface area contributed by atoms with Gasteiger partial charge in [-0.2, -0.15) is 4.37 Å². The summed E-state index contributed by atoms with van der Waals surface area (Å²) in [7, 11) is 1.76. The molecule has 0 aliphatic carbocycles. The number of likely N-dealkylation sites (N-methyl/N-ethyl adjacent to an activating group) is 1. The molecule has 2 heterocycles. The first kappa shape index (κ1) is 19.2. The van der Waals surface area contributed by atoms with Crippen molar-refractivity contribution in [2.24, 2.45) is 0 Å². The predicted molar refractivity (Wildman–Crippen MR) is 101 cm³/mol. The average Bonchev–Trinajstić information content (AvgIpc) is 3.01. The largest absolute Gasteiger partial charge is 0.354 e. The lowest BCUT2D eigenvalue weighted by Crippen LogP contribution is -2.48. The van der Waals surface area contributed by atoms with Crippen LogP contribution in [0.2, 0.25) is 0 Å². The van der Waals surface area contributed by atoms with Crippen molar-refractivity contribution >= 4 is 28.5 Å². The molecule has 0 saturated carbocycles. The fourth-order valence-corrected chi connectivity index (χ4v) is 3.50. The van der Waals surface area contributed by atoms with Crippen molar-refractivity contribution in [3.8, 4) is 0 Å². The van der Waals surface area contributed by atoms with Crippen molar-refractivity contribution < 1.29 is 14.0 Å². The van der Waals surface area contributed by atoms with Crippen molar-refractivity contribution in [2.75, 3.05) is 25.0 Å². The van der Waals surface area contributed by atoms with Crippen LogP contribution in [0.4, 0.5) is 9.52 Å². The maximum Gasteiger partial charge on any atom is 0.242 e. The molecule has 1 aromatic carbocycles. The first-order valence-corrected chi connectivity index (χ1v) is 9.64. The standard InChI is InChI=1S/C18H22FN5O2S/c1-24(11-16(25)21-14-4-2-3-9-20-17(14)26)18-22-15(23-27-18)10-12-5-7-13(19)8-6-12/h5-8,14H,2-4,9-11H2,1H3,(H,20,26)(H,21,25). The summed E-state index contributed by atoms with van der Waals surface area (Å²) in [6.45, 7) is 0.752. The second-order valence-electron chi connectivity index (χ2n) is 6.56. The average molecular weight is 391 g/mol. The molecule has 1 aromatic heterocycles. The first-order valence-electron chi connectivity index (χ1n) is 8.86. The zero-order valence-electron chi connectivity index (χ0n) is 15.1. The summed E-state index contributed by atoms with van der Waals surface area (Å²) >= 11 is 1.20. The van der Waals surface area contributed by atoms with Crippen LogP contribution in [0.25, 0.3) is 0 Å². The Morgan fingerprint density at radius 2 is 2.15 bits per heavy atom. The van der Waals surface area contributed by atoms with E-state index in [9.17, 15) is 14.0 Å². The highest BCUT2D eigenvalue weighted by Gasteiger charge is 2.23. The van der Waals surface area contributed by atoms with E-state index in [1.54, 1.807) is 24.1 Å². The van der Waals surface area contributed by atoms with Crippen LogP contribution in [0.3, 0.4) is 0 Å². The van der Waals surface area contributed by atoms with Gasteiger partial charge in [0.2, 0.25) is 16.9 Å². The minimum atomic E-state index is -0.475. The van der Waals surface area contributed by atoms with Gasteiger partial charge in [0.25, 0.3) is 0 Å². The summed E-state index contributed by atoms with van der Waals surface area (Å²) in [5, 5.41) is 6.21. The number of hydrogen-bond acceptors (Lipinski definition) is 6. The molecular weight excluding hydrogens is 369 g/mol. The van der Waals surface area contributed by atoms with Crippen molar-refractivity contribution in [2.45, 2.75) is 31.7 Å². The van der Waals surface area contributed by atoms with Gasteiger partial charge in [0, 0.05) is 31.5 Å². The fraction of sp³-hybridized carbons (Fsp3) is 0.444. The summed E-state index contributed by atoms with van der Waals surface area (Å²) < 4.78 is 17.3. The van der Waals surface area contributed by atoms with Gasteiger partial charge in [-0.25, -0.2) is 9.37 Å². The molecule has 1 unspecified atom stereocenters. The number of carbonyl (C=O) groups is 2. The molecule has 0 bridgehead atoms. The Labute approximate surface area is 161 Å². The molecule has 2 amide bonds. The lowest BCUT2D eigenvalue weighted by molar-refractivity contribution is -0.128. The minimum absolute atomic E-state index is 0.0922. The Balaban J connectivity index is 1.53. The monoisotopic (exact) mass is 391 g/mol. The molecule has 1 saturated heterocycles. The van der Waals surface area contributed by atoms with Crippen LogP contribution in [0, 0.1) is 5.82 Å². The molecule has 7 nitrogen and oxygen atoms in total. The number of carbonyl (C=O) groups excluding carboxylic acids is 2. The van der Waals surface area contributed by atoms with Crippen LogP contribution in [0.1, 0.15) is 30.7 Å². The van der Waals surface area contributed by atoms with Gasteiger partial charge >= 0.3 is 0 Å². The smallest absolute Gasteiger partial charge is 0.242 e. The topological polar surface area (TPSA) is 87.2 Å². The van der Waals surface area contributed by atoms with Gasteiger partial charge in [0.15, 0.2) is 0 Å². The molecule has 1 aliphatic rings. The highest BCUT2D eigenvalue weighted by Crippen LogP contribution is 2.18. The number of nitrogens with one attached hydrogen (secondary N) is 2. The molecule has 1 atom stereocenters. The third-order valence-electron chi connectivity index (χ3n) is 4.31. The van der Waals surface area contributed by atoms with Crippen LogP contribution < -0.4 is 15.5 Å². The Morgan fingerprint density at radius 3 is 2.93 bits per heavy atom. The Morgan fingerprint density at radius 1 is 1.37 bits per heavy atom. The Bertz CT molecular complexity index is 795. The molecule has 2 aromatic rings. The number of aromatic nitrogens is 2. The van der Waals surface area contributed by atoms with Gasteiger partial charge in [-0.05, 0) is 37.0 Å². The van der Waals surface area contributed by atoms with Crippen LogP contribution in [0.15, 0.2) is 24.3 Å². The fourth-order valence-electron chi connectivity index (χ4n) is 2.86. The van der Waals surface area contributed by atoms with Crippen LogP contribution in [0.5, 0.6) is 0 Å². The van der Waals surface area contributed by atoms with E-state index in [1.165, 1.54) is 23.7 Å². The van der Waals surface area contributed by atoms with E-state index in [1.807, 2.05) is 0 Å². The van der Waals surface area contributed by atoms with Gasteiger partial charge in [0.05, 0.1) is 6.54 Å². The lowest BCUT2D eigenvalue weighted by Gasteiger charge is -2.18. The summed E-state index contributed by atoms with van der Waals surface area (Å²) in [4.78, 5) is 30.3. The van der Waals surface area contributed by atoms with E-state index in [4.69, 9.17) is 0 Å².